The van der Waals surface area contributed by atoms with Crippen LogP contribution in [0.4, 0.5) is 0 Å². The molecule has 164 valence electrons. The van der Waals surface area contributed by atoms with Crippen molar-refractivity contribution in [2.24, 2.45) is 0 Å². The lowest BCUT2D eigenvalue weighted by Crippen LogP contribution is -2.37. The molecule has 1 aliphatic heterocycles. The smallest absolute Gasteiger partial charge is 0.277 e. The fourth-order valence-corrected chi connectivity index (χ4v) is 3.99. The van der Waals surface area contributed by atoms with Crippen molar-refractivity contribution in [3.63, 3.8) is 0 Å². The lowest BCUT2D eigenvalue weighted by atomic mass is 9.97. The molecule has 1 heterocycles. The van der Waals surface area contributed by atoms with Crippen LogP contribution in [-0.2, 0) is 9.59 Å². The van der Waals surface area contributed by atoms with Crippen LogP contribution in [0, 0.1) is 27.7 Å². The Bertz CT molecular complexity index is 1020. The van der Waals surface area contributed by atoms with Crippen LogP contribution in [-0.4, -0.2) is 60.1 Å². The molecule has 2 amide bonds. The van der Waals surface area contributed by atoms with Crippen LogP contribution in [0.5, 0.6) is 5.75 Å². The van der Waals surface area contributed by atoms with E-state index in [0.717, 1.165) is 33.6 Å². The van der Waals surface area contributed by atoms with Crippen LogP contribution in [0.3, 0.4) is 0 Å². The molecule has 0 atom stereocenters. The van der Waals surface area contributed by atoms with Crippen molar-refractivity contribution in [2.45, 2.75) is 27.7 Å². The molecule has 0 saturated heterocycles. The summed E-state index contributed by atoms with van der Waals surface area (Å²) < 4.78 is 5.83. The Hall–Kier alpha value is -3.12. The minimum absolute atomic E-state index is 0.114. The van der Waals surface area contributed by atoms with Gasteiger partial charge in [-0.15, -0.1) is 0 Å². The second kappa shape index (κ2) is 9.35. The monoisotopic (exact) mass is 422 g/mol. The van der Waals surface area contributed by atoms with E-state index in [-0.39, 0.29) is 38.1 Å². The van der Waals surface area contributed by atoms with Crippen molar-refractivity contribution < 1.29 is 19.4 Å². The maximum Gasteiger partial charge on any atom is 0.277 e. The number of likely N-dealkylation sites (N-methyl/N-ethyl adjacent to an activating group) is 1. The first-order valence-electron chi connectivity index (χ1n) is 10.4. The van der Waals surface area contributed by atoms with Crippen LogP contribution in [0.25, 0.3) is 5.57 Å². The molecule has 6 heteroatoms. The first kappa shape index (κ1) is 22.6. The van der Waals surface area contributed by atoms with Gasteiger partial charge < -0.3 is 14.7 Å². The quantitative estimate of drug-likeness (QED) is 0.663. The number of aliphatic hydroxyl groups excluding tert-OH is 1. The SMILES string of the molecule is Cc1cc(C)cc(OCCN2C(=O)C(c3ccc(C)cc3C)=C(N(C)CCO)C2=O)c1. The van der Waals surface area contributed by atoms with Crippen molar-refractivity contribution >= 4 is 17.4 Å². The van der Waals surface area contributed by atoms with E-state index < -0.39 is 0 Å². The summed E-state index contributed by atoms with van der Waals surface area (Å²) in [5.41, 5.74) is 5.63. The summed E-state index contributed by atoms with van der Waals surface area (Å²) in [7, 11) is 1.72. The molecule has 6 nitrogen and oxygen atoms in total. The normalized spacial score (nSPS) is 13.9. The average Bonchev–Trinajstić information content (AvgIpc) is 2.92. The minimum Gasteiger partial charge on any atom is -0.492 e. The number of benzene rings is 2. The third-order valence-corrected chi connectivity index (χ3v) is 5.39. The number of hydrogen-bond donors (Lipinski definition) is 1. The fourth-order valence-electron chi connectivity index (χ4n) is 3.99. The molecule has 0 bridgehead atoms. The molecule has 1 N–H and O–H groups in total. The maximum absolute atomic E-state index is 13.3. The van der Waals surface area contributed by atoms with E-state index in [0.29, 0.717) is 11.3 Å². The van der Waals surface area contributed by atoms with Crippen LogP contribution in [0.15, 0.2) is 42.1 Å². The van der Waals surface area contributed by atoms with E-state index in [4.69, 9.17) is 4.74 Å². The third-order valence-electron chi connectivity index (χ3n) is 5.39. The van der Waals surface area contributed by atoms with Gasteiger partial charge in [-0.1, -0.05) is 29.8 Å². The Morgan fingerprint density at radius 2 is 1.61 bits per heavy atom. The summed E-state index contributed by atoms with van der Waals surface area (Å²) in [5.74, 6) is 0.0255. The Labute approximate surface area is 183 Å². The topological polar surface area (TPSA) is 70.1 Å². The maximum atomic E-state index is 13.3. The molecule has 0 spiro atoms. The largest absolute Gasteiger partial charge is 0.492 e. The minimum atomic E-state index is -0.361. The summed E-state index contributed by atoms with van der Waals surface area (Å²) in [5, 5.41) is 9.38. The van der Waals surface area contributed by atoms with Crippen LogP contribution >= 0.6 is 0 Å². The van der Waals surface area contributed by atoms with Crippen LogP contribution in [0.2, 0.25) is 0 Å². The van der Waals surface area contributed by atoms with Gasteiger partial charge >= 0.3 is 0 Å². The Kier molecular flexibility index (Phi) is 6.81. The van der Waals surface area contributed by atoms with Gasteiger partial charge in [-0.25, -0.2) is 0 Å². The van der Waals surface area contributed by atoms with Crippen molar-refractivity contribution in [1.82, 2.24) is 9.80 Å². The number of imide groups is 1. The van der Waals surface area contributed by atoms with Crippen LogP contribution < -0.4 is 4.74 Å². The van der Waals surface area contributed by atoms with E-state index in [9.17, 15) is 14.7 Å². The lowest BCUT2D eigenvalue weighted by Gasteiger charge is -2.20. The van der Waals surface area contributed by atoms with E-state index in [1.807, 2.05) is 58.0 Å². The zero-order chi connectivity index (χ0) is 22.7. The highest BCUT2D eigenvalue weighted by molar-refractivity contribution is 6.35. The summed E-state index contributed by atoms with van der Waals surface area (Å²) in [6.07, 6.45) is 0. The molecule has 2 aromatic rings. The van der Waals surface area contributed by atoms with Gasteiger partial charge in [-0.05, 0) is 62.1 Å². The number of ether oxygens (including phenoxy) is 1. The molecule has 0 unspecified atom stereocenters. The second-order valence-electron chi connectivity index (χ2n) is 8.12. The lowest BCUT2D eigenvalue weighted by molar-refractivity contribution is -0.137. The van der Waals surface area contributed by atoms with E-state index >= 15 is 0 Å². The highest BCUT2D eigenvalue weighted by atomic mass is 16.5. The summed E-state index contributed by atoms with van der Waals surface area (Å²) in [4.78, 5) is 29.4. The summed E-state index contributed by atoms with van der Waals surface area (Å²) >= 11 is 0. The number of carbonyl (C=O) groups is 2. The molecule has 0 fully saturated rings. The van der Waals surface area contributed by atoms with Crippen molar-refractivity contribution in [2.75, 3.05) is 33.4 Å². The number of aryl methyl sites for hydroxylation is 4. The number of carbonyl (C=O) groups excluding carboxylic acids is 2. The molecule has 0 aromatic heterocycles. The first-order valence-corrected chi connectivity index (χ1v) is 10.4. The highest BCUT2D eigenvalue weighted by Gasteiger charge is 2.41. The van der Waals surface area contributed by atoms with Crippen molar-refractivity contribution in [3.05, 3.63) is 69.9 Å². The fraction of sp³-hybridized carbons (Fsp3) is 0.360. The zero-order valence-corrected chi connectivity index (χ0v) is 18.9. The number of hydrogen-bond acceptors (Lipinski definition) is 5. The number of amides is 2. The summed E-state index contributed by atoms with van der Waals surface area (Å²) in [6, 6.07) is 11.7. The van der Waals surface area contributed by atoms with Gasteiger partial charge in [-0.3, -0.25) is 14.5 Å². The van der Waals surface area contributed by atoms with E-state index in [2.05, 4.69) is 6.07 Å². The van der Waals surface area contributed by atoms with Gasteiger partial charge in [0.25, 0.3) is 11.8 Å². The Morgan fingerprint density at radius 3 is 2.23 bits per heavy atom. The van der Waals surface area contributed by atoms with Gasteiger partial charge in [0.15, 0.2) is 0 Å². The average molecular weight is 423 g/mol. The van der Waals surface area contributed by atoms with Gasteiger partial charge in [0.05, 0.1) is 18.7 Å². The van der Waals surface area contributed by atoms with E-state index in [1.165, 1.54) is 4.90 Å². The van der Waals surface area contributed by atoms with Crippen LogP contribution in [0.1, 0.15) is 27.8 Å². The predicted molar refractivity (Wildman–Crippen MR) is 121 cm³/mol. The molecule has 1 aliphatic rings. The van der Waals surface area contributed by atoms with E-state index in [1.54, 1.807) is 11.9 Å². The standard InChI is InChI=1S/C25H30N2O4/c1-16-6-7-21(19(4)13-16)22-23(26(5)8-10-28)25(30)27(24(22)29)9-11-31-20-14-17(2)12-18(3)15-20/h6-7,12-15,28H,8-11H2,1-5H3. The second-order valence-corrected chi connectivity index (χ2v) is 8.12. The van der Waals surface area contributed by atoms with Gasteiger partial charge in [-0.2, -0.15) is 0 Å². The number of rotatable bonds is 8. The predicted octanol–water partition coefficient (Wildman–Crippen LogP) is 3.00. The number of nitrogens with zero attached hydrogens (tertiary/aromatic N) is 2. The van der Waals surface area contributed by atoms with Gasteiger partial charge in [0, 0.05) is 13.6 Å². The van der Waals surface area contributed by atoms with Crippen molar-refractivity contribution in [3.8, 4) is 5.75 Å². The molecule has 31 heavy (non-hydrogen) atoms. The van der Waals surface area contributed by atoms with Crippen molar-refractivity contribution in [1.29, 1.82) is 0 Å². The molecular formula is C25H30N2O4. The third kappa shape index (κ3) is 4.80. The summed E-state index contributed by atoms with van der Waals surface area (Å²) in [6.45, 7) is 8.42. The van der Waals surface area contributed by atoms with Gasteiger partial charge in [0.1, 0.15) is 18.1 Å². The molecule has 0 radical (unpaired) electrons. The zero-order valence-electron chi connectivity index (χ0n) is 18.9. The number of aliphatic hydroxyl groups is 1. The molecule has 0 aliphatic carbocycles. The Morgan fingerprint density at radius 1 is 0.935 bits per heavy atom. The highest BCUT2D eigenvalue weighted by Crippen LogP contribution is 2.33. The molecule has 3 rings (SSSR count). The molecule has 0 saturated carbocycles. The molecule has 2 aromatic carbocycles. The molecular weight excluding hydrogens is 392 g/mol. The first-order chi connectivity index (χ1) is 14.7. The van der Waals surface area contributed by atoms with Gasteiger partial charge in [0.2, 0.25) is 0 Å². The Balaban J connectivity index is 1.86.